The number of anilines is 2. The number of aromatic nitrogens is 2. The Morgan fingerprint density at radius 1 is 1.22 bits per heavy atom. The van der Waals surface area contributed by atoms with Gasteiger partial charge < -0.3 is 25.0 Å². The third-order valence-electron chi connectivity index (χ3n) is 4.16. The molecule has 2 heterocycles. The Bertz CT molecular complexity index is 732. The van der Waals surface area contributed by atoms with E-state index in [2.05, 4.69) is 25.7 Å². The van der Waals surface area contributed by atoms with Crippen molar-refractivity contribution in [1.82, 2.24) is 15.5 Å². The quantitative estimate of drug-likeness (QED) is 0.681. The van der Waals surface area contributed by atoms with Gasteiger partial charge in [0.25, 0.3) is 5.91 Å². The van der Waals surface area contributed by atoms with E-state index in [1.807, 2.05) is 13.0 Å². The van der Waals surface area contributed by atoms with Crippen LogP contribution in [0.5, 0.6) is 5.75 Å². The van der Waals surface area contributed by atoms with Crippen LogP contribution < -0.4 is 20.3 Å². The maximum absolute atomic E-state index is 12.2. The summed E-state index contributed by atoms with van der Waals surface area (Å²) in [5.41, 5.74) is 1.63. The number of rotatable bonds is 8. The van der Waals surface area contributed by atoms with Gasteiger partial charge in [-0.15, -0.1) is 5.10 Å². The van der Waals surface area contributed by atoms with Crippen molar-refractivity contribution in [2.75, 3.05) is 56.2 Å². The van der Waals surface area contributed by atoms with Gasteiger partial charge in [-0.25, -0.2) is 0 Å². The van der Waals surface area contributed by atoms with E-state index >= 15 is 0 Å². The number of ether oxygens (including phenoxy) is 2. The molecule has 0 saturated carbocycles. The third-order valence-corrected chi connectivity index (χ3v) is 4.16. The topological polar surface area (TPSA) is 88.6 Å². The monoisotopic (exact) mass is 371 g/mol. The highest BCUT2D eigenvalue weighted by atomic mass is 16.5. The molecule has 1 amide bonds. The van der Waals surface area contributed by atoms with Gasteiger partial charge in [0.15, 0.2) is 5.82 Å². The zero-order valence-electron chi connectivity index (χ0n) is 15.5. The Morgan fingerprint density at radius 2 is 2.00 bits per heavy atom. The summed E-state index contributed by atoms with van der Waals surface area (Å²) in [7, 11) is 0. The first-order valence-corrected chi connectivity index (χ1v) is 9.16. The molecule has 144 valence electrons. The normalized spacial score (nSPS) is 13.9. The smallest absolute Gasteiger partial charge is 0.251 e. The van der Waals surface area contributed by atoms with Crippen LogP contribution in [0.1, 0.15) is 17.3 Å². The van der Waals surface area contributed by atoms with Crippen LogP contribution in [0.25, 0.3) is 0 Å². The number of hydrogen-bond donors (Lipinski definition) is 2. The third kappa shape index (κ3) is 5.55. The Kier molecular flexibility index (Phi) is 6.81. The molecule has 0 spiro atoms. The van der Waals surface area contributed by atoms with Crippen molar-refractivity contribution in [3.8, 4) is 5.75 Å². The molecule has 1 aliphatic heterocycles. The first-order chi connectivity index (χ1) is 13.3. The molecule has 8 heteroatoms. The van der Waals surface area contributed by atoms with Gasteiger partial charge in [-0.3, -0.25) is 4.79 Å². The maximum Gasteiger partial charge on any atom is 0.251 e. The summed E-state index contributed by atoms with van der Waals surface area (Å²) < 4.78 is 10.7. The van der Waals surface area contributed by atoms with E-state index in [1.54, 1.807) is 30.5 Å². The van der Waals surface area contributed by atoms with E-state index in [0.717, 1.165) is 37.7 Å². The average Bonchev–Trinajstić information content (AvgIpc) is 2.73. The van der Waals surface area contributed by atoms with Crippen molar-refractivity contribution in [3.05, 3.63) is 42.1 Å². The van der Waals surface area contributed by atoms with Gasteiger partial charge in [0.2, 0.25) is 0 Å². The summed E-state index contributed by atoms with van der Waals surface area (Å²) in [6.07, 6.45) is 1.75. The van der Waals surface area contributed by atoms with E-state index in [1.165, 1.54) is 0 Å². The van der Waals surface area contributed by atoms with Gasteiger partial charge in [-0.2, -0.15) is 5.10 Å². The molecule has 27 heavy (non-hydrogen) atoms. The van der Waals surface area contributed by atoms with E-state index in [0.29, 0.717) is 31.1 Å². The highest BCUT2D eigenvalue weighted by Crippen LogP contribution is 2.17. The second-order valence-electron chi connectivity index (χ2n) is 6.04. The van der Waals surface area contributed by atoms with Crippen molar-refractivity contribution in [2.24, 2.45) is 0 Å². The van der Waals surface area contributed by atoms with Gasteiger partial charge in [0.05, 0.1) is 31.7 Å². The molecule has 0 unspecified atom stereocenters. The summed E-state index contributed by atoms with van der Waals surface area (Å²) in [6, 6.07) is 9.06. The molecule has 2 N–H and O–H groups in total. The maximum atomic E-state index is 12.2. The summed E-state index contributed by atoms with van der Waals surface area (Å²) >= 11 is 0. The molecule has 1 fully saturated rings. The van der Waals surface area contributed by atoms with Crippen LogP contribution in [-0.4, -0.2) is 62.1 Å². The van der Waals surface area contributed by atoms with E-state index in [9.17, 15) is 4.79 Å². The van der Waals surface area contributed by atoms with Gasteiger partial charge in [-0.05, 0) is 31.2 Å². The van der Waals surface area contributed by atoms with Crippen LogP contribution in [0, 0.1) is 0 Å². The molecular formula is C19H25N5O3. The van der Waals surface area contributed by atoms with Crippen LogP contribution in [0.4, 0.5) is 11.5 Å². The van der Waals surface area contributed by atoms with E-state index in [4.69, 9.17) is 9.47 Å². The van der Waals surface area contributed by atoms with Gasteiger partial charge in [-0.1, -0.05) is 0 Å². The van der Waals surface area contributed by atoms with Crippen molar-refractivity contribution >= 4 is 17.4 Å². The van der Waals surface area contributed by atoms with Crippen LogP contribution in [0.3, 0.4) is 0 Å². The number of hydrogen-bond acceptors (Lipinski definition) is 7. The molecule has 1 aromatic carbocycles. The zero-order valence-corrected chi connectivity index (χ0v) is 15.5. The molecule has 1 saturated heterocycles. The second kappa shape index (κ2) is 9.72. The fourth-order valence-electron chi connectivity index (χ4n) is 2.78. The summed E-state index contributed by atoms with van der Waals surface area (Å²) in [5, 5.41) is 14.2. The van der Waals surface area contributed by atoms with Crippen molar-refractivity contribution in [3.63, 3.8) is 0 Å². The lowest BCUT2D eigenvalue weighted by molar-refractivity contribution is 0.0955. The summed E-state index contributed by atoms with van der Waals surface area (Å²) in [4.78, 5) is 14.4. The first kappa shape index (κ1) is 18.9. The van der Waals surface area contributed by atoms with Gasteiger partial charge >= 0.3 is 0 Å². The molecule has 1 aromatic heterocycles. The number of morpholine rings is 1. The lowest BCUT2D eigenvalue weighted by Crippen LogP contribution is -2.36. The molecule has 0 atom stereocenters. The van der Waals surface area contributed by atoms with Crippen LogP contribution >= 0.6 is 0 Å². The fraction of sp³-hybridized carbons (Fsp3) is 0.421. The Balaban J connectivity index is 1.43. The molecule has 3 rings (SSSR count). The zero-order chi connectivity index (χ0) is 18.9. The molecular weight excluding hydrogens is 346 g/mol. The average molecular weight is 371 g/mol. The minimum atomic E-state index is -0.118. The minimum absolute atomic E-state index is 0.118. The van der Waals surface area contributed by atoms with E-state index < -0.39 is 0 Å². The summed E-state index contributed by atoms with van der Waals surface area (Å²) in [5.74, 6) is 1.33. The van der Waals surface area contributed by atoms with Gasteiger partial charge in [0.1, 0.15) is 5.75 Å². The molecule has 1 aliphatic rings. The minimum Gasteiger partial charge on any atom is -0.494 e. The number of benzene rings is 1. The number of nitrogens with zero attached hydrogens (tertiary/aromatic N) is 3. The number of amides is 1. The second-order valence-corrected chi connectivity index (χ2v) is 6.04. The Hall–Kier alpha value is -2.87. The number of carbonyl (C=O) groups excluding carboxylic acids is 1. The lowest BCUT2D eigenvalue weighted by Gasteiger charge is -2.28. The van der Waals surface area contributed by atoms with Crippen molar-refractivity contribution in [1.29, 1.82) is 0 Å². The van der Waals surface area contributed by atoms with Crippen molar-refractivity contribution in [2.45, 2.75) is 6.92 Å². The van der Waals surface area contributed by atoms with E-state index in [-0.39, 0.29) is 5.91 Å². The van der Waals surface area contributed by atoms with Crippen molar-refractivity contribution < 1.29 is 14.3 Å². The first-order valence-electron chi connectivity index (χ1n) is 9.16. The predicted octanol–water partition coefficient (Wildman–Crippen LogP) is 1.55. The number of nitrogens with one attached hydrogen (secondary N) is 2. The molecule has 0 aliphatic carbocycles. The highest BCUT2D eigenvalue weighted by molar-refractivity contribution is 5.94. The lowest BCUT2D eigenvalue weighted by atomic mass is 10.2. The van der Waals surface area contributed by atoms with Crippen LogP contribution in [-0.2, 0) is 4.74 Å². The van der Waals surface area contributed by atoms with Crippen LogP contribution in [0.15, 0.2) is 36.5 Å². The standard InChI is InChI=1S/C19H25N5O3/c1-2-27-17-5-3-15(4-6-17)19(25)21-8-7-20-18-13-16(14-22-23-18)24-9-11-26-12-10-24/h3-6,13-14H,2,7-12H2,1H3,(H,20,23)(H,21,25). The molecule has 0 bridgehead atoms. The molecule has 2 aromatic rings. The number of carbonyl (C=O) groups is 1. The SMILES string of the molecule is CCOc1ccc(C(=O)NCCNc2cc(N3CCOCC3)cnn2)cc1. The molecule has 0 radical (unpaired) electrons. The van der Waals surface area contributed by atoms with Gasteiger partial charge in [0, 0.05) is 37.8 Å². The molecule has 8 nitrogen and oxygen atoms in total. The highest BCUT2D eigenvalue weighted by Gasteiger charge is 2.12. The van der Waals surface area contributed by atoms with Crippen LogP contribution in [0.2, 0.25) is 0 Å². The fourth-order valence-corrected chi connectivity index (χ4v) is 2.78. The Labute approximate surface area is 158 Å². The Morgan fingerprint density at radius 3 is 2.74 bits per heavy atom. The predicted molar refractivity (Wildman–Crippen MR) is 103 cm³/mol. The summed E-state index contributed by atoms with van der Waals surface area (Å²) in [6.45, 7) is 6.72. The largest absolute Gasteiger partial charge is 0.494 e.